The number of rotatable bonds is 8. The summed E-state index contributed by atoms with van der Waals surface area (Å²) in [6.07, 6.45) is -0.127. The van der Waals surface area contributed by atoms with Gasteiger partial charge in [0.25, 0.3) is 0 Å². The molecule has 8 heteroatoms. The molecule has 0 fully saturated rings. The Balaban J connectivity index is 2.39. The lowest BCUT2D eigenvalue weighted by Gasteiger charge is -2.18. The Bertz CT molecular complexity index is 903. The highest BCUT2D eigenvalue weighted by Crippen LogP contribution is 2.41. The molecule has 1 unspecified atom stereocenters. The molecule has 0 aliphatic rings. The first-order chi connectivity index (χ1) is 14.2. The summed E-state index contributed by atoms with van der Waals surface area (Å²) in [5, 5.41) is 0. The number of methoxy groups -OCH3 is 3. The molecule has 0 bridgehead atoms. The molecule has 0 saturated carbocycles. The van der Waals surface area contributed by atoms with Crippen molar-refractivity contribution in [2.75, 3.05) is 21.3 Å². The van der Waals surface area contributed by atoms with Gasteiger partial charge in [-0.25, -0.2) is 0 Å². The van der Waals surface area contributed by atoms with E-state index in [1.807, 2.05) is 18.2 Å². The van der Waals surface area contributed by atoms with Crippen LogP contribution in [0, 0.1) is 0 Å². The monoisotopic (exact) mass is 542 g/mol. The number of halogens is 2. The van der Waals surface area contributed by atoms with Crippen LogP contribution in [-0.4, -0.2) is 33.3 Å². The van der Waals surface area contributed by atoms with E-state index >= 15 is 0 Å². The van der Waals surface area contributed by atoms with Gasteiger partial charge in [-0.05, 0) is 73.7 Å². The Morgan fingerprint density at radius 3 is 2.10 bits per heavy atom. The van der Waals surface area contributed by atoms with E-state index < -0.39 is 17.9 Å². The average Bonchev–Trinajstić information content (AvgIpc) is 2.73. The van der Waals surface area contributed by atoms with Gasteiger partial charge in [0.05, 0.1) is 42.6 Å². The van der Waals surface area contributed by atoms with Crippen molar-refractivity contribution in [3.63, 3.8) is 0 Å². The summed E-state index contributed by atoms with van der Waals surface area (Å²) < 4.78 is 22.3. The van der Waals surface area contributed by atoms with E-state index in [0.29, 0.717) is 26.0 Å². The van der Waals surface area contributed by atoms with E-state index in [0.717, 1.165) is 11.3 Å². The van der Waals surface area contributed by atoms with E-state index in [-0.39, 0.29) is 12.3 Å². The number of ether oxygens (including phenoxy) is 4. The summed E-state index contributed by atoms with van der Waals surface area (Å²) >= 11 is 7.01. The van der Waals surface area contributed by atoms with Crippen LogP contribution in [0.4, 0.5) is 0 Å². The summed E-state index contributed by atoms with van der Waals surface area (Å²) in [6, 6.07) is 9.09. The van der Waals surface area contributed by atoms with Crippen LogP contribution < -0.4 is 9.47 Å². The van der Waals surface area contributed by atoms with Crippen molar-refractivity contribution >= 4 is 43.8 Å². The zero-order valence-corrected chi connectivity index (χ0v) is 20.6. The SMILES string of the molecule is COC(=O)CC(C(=O)OC)c1cc(Br)c(Oc2ccc(OC)c(C(C)C)c2)c(Br)c1. The second kappa shape index (κ2) is 10.8. The lowest BCUT2D eigenvalue weighted by molar-refractivity contribution is -0.149. The van der Waals surface area contributed by atoms with Gasteiger partial charge in [-0.15, -0.1) is 0 Å². The van der Waals surface area contributed by atoms with E-state index in [4.69, 9.17) is 18.9 Å². The van der Waals surface area contributed by atoms with Gasteiger partial charge in [0, 0.05) is 5.56 Å². The molecule has 0 aromatic heterocycles. The van der Waals surface area contributed by atoms with Crippen LogP contribution in [0.25, 0.3) is 0 Å². The highest BCUT2D eigenvalue weighted by Gasteiger charge is 2.27. The molecule has 1 atom stereocenters. The molecule has 30 heavy (non-hydrogen) atoms. The molecule has 0 N–H and O–H groups in total. The lowest BCUT2D eigenvalue weighted by Crippen LogP contribution is -2.19. The Kier molecular flexibility index (Phi) is 8.73. The zero-order chi connectivity index (χ0) is 22.4. The fourth-order valence-corrected chi connectivity index (χ4v) is 4.34. The van der Waals surface area contributed by atoms with Crippen LogP contribution in [0.15, 0.2) is 39.3 Å². The molecule has 2 rings (SSSR count). The minimum atomic E-state index is -0.794. The van der Waals surface area contributed by atoms with E-state index in [1.54, 1.807) is 19.2 Å². The maximum atomic E-state index is 12.2. The number of benzene rings is 2. The van der Waals surface area contributed by atoms with Gasteiger partial charge in [0.15, 0.2) is 5.75 Å². The van der Waals surface area contributed by atoms with Crippen LogP contribution in [0.1, 0.15) is 43.2 Å². The van der Waals surface area contributed by atoms with Crippen LogP contribution >= 0.6 is 31.9 Å². The van der Waals surface area contributed by atoms with E-state index in [1.165, 1.54) is 14.2 Å². The molecule has 6 nitrogen and oxygen atoms in total. The third kappa shape index (κ3) is 5.76. The highest BCUT2D eigenvalue weighted by molar-refractivity contribution is 9.11. The number of carbonyl (C=O) groups excluding carboxylic acids is 2. The van der Waals surface area contributed by atoms with E-state index in [9.17, 15) is 9.59 Å². The largest absolute Gasteiger partial charge is 0.496 e. The fourth-order valence-electron chi connectivity index (χ4n) is 2.95. The molecule has 0 spiro atoms. The third-order valence-electron chi connectivity index (χ3n) is 4.55. The van der Waals surface area contributed by atoms with Crippen molar-refractivity contribution in [3.8, 4) is 17.2 Å². The standard InChI is InChI=1S/C22H24Br2O6/c1-12(2)15-10-14(6-7-19(15)27-3)30-21-17(23)8-13(9-18(21)24)16(22(26)29-5)11-20(25)28-4/h6-10,12,16H,11H2,1-5H3. The number of esters is 2. The minimum Gasteiger partial charge on any atom is -0.496 e. The first kappa shape index (κ1) is 24.2. The first-order valence-corrected chi connectivity index (χ1v) is 10.8. The van der Waals surface area contributed by atoms with Crippen molar-refractivity contribution in [1.82, 2.24) is 0 Å². The van der Waals surface area contributed by atoms with Crippen molar-refractivity contribution in [3.05, 3.63) is 50.4 Å². The Hall–Kier alpha value is -2.06. The molecular formula is C22H24Br2O6. The molecule has 0 heterocycles. The van der Waals surface area contributed by atoms with Gasteiger partial charge in [0.2, 0.25) is 0 Å². The molecule has 0 saturated heterocycles. The molecule has 2 aromatic carbocycles. The van der Waals surface area contributed by atoms with Crippen LogP contribution in [0.2, 0.25) is 0 Å². The predicted molar refractivity (Wildman–Crippen MR) is 120 cm³/mol. The summed E-state index contributed by atoms with van der Waals surface area (Å²) in [5.41, 5.74) is 1.62. The lowest BCUT2D eigenvalue weighted by atomic mass is 9.95. The Labute approximate surface area is 193 Å². The summed E-state index contributed by atoms with van der Waals surface area (Å²) in [4.78, 5) is 24.0. The molecular weight excluding hydrogens is 520 g/mol. The zero-order valence-electron chi connectivity index (χ0n) is 17.5. The summed E-state index contributed by atoms with van der Waals surface area (Å²) in [7, 11) is 4.20. The maximum absolute atomic E-state index is 12.2. The van der Waals surface area contributed by atoms with Gasteiger partial charge in [-0.2, -0.15) is 0 Å². The van der Waals surface area contributed by atoms with Crippen molar-refractivity contribution in [2.45, 2.75) is 32.1 Å². The van der Waals surface area contributed by atoms with Gasteiger partial charge in [-0.3, -0.25) is 9.59 Å². The van der Waals surface area contributed by atoms with Gasteiger partial charge in [0.1, 0.15) is 11.5 Å². The normalized spacial score (nSPS) is 11.7. The maximum Gasteiger partial charge on any atom is 0.313 e. The van der Waals surface area contributed by atoms with Gasteiger partial charge >= 0.3 is 11.9 Å². The molecule has 2 aromatic rings. The first-order valence-electron chi connectivity index (χ1n) is 9.21. The molecule has 0 aliphatic carbocycles. The van der Waals surface area contributed by atoms with Gasteiger partial charge in [-0.1, -0.05) is 13.8 Å². The smallest absolute Gasteiger partial charge is 0.313 e. The van der Waals surface area contributed by atoms with Crippen molar-refractivity contribution in [2.24, 2.45) is 0 Å². The summed E-state index contributed by atoms with van der Waals surface area (Å²) in [5.74, 6) is 0.430. The van der Waals surface area contributed by atoms with Crippen molar-refractivity contribution < 1.29 is 28.5 Å². The molecule has 0 amide bonds. The quantitative estimate of drug-likeness (QED) is 0.383. The van der Waals surface area contributed by atoms with Crippen LogP contribution in [0.3, 0.4) is 0 Å². The molecule has 162 valence electrons. The Morgan fingerprint density at radius 1 is 0.967 bits per heavy atom. The third-order valence-corrected chi connectivity index (χ3v) is 5.73. The summed E-state index contributed by atoms with van der Waals surface area (Å²) in [6.45, 7) is 4.16. The van der Waals surface area contributed by atoms with Crippen molar-refractivity contribution in [1.29, 1.82) is 0 Å². The number of carbonyl (C=O) groups is 2. The van der Waals surface area contributed by atoms with Crippen LogP contribution in [-0.2, 0) is 19.1 Å². The fraction of sp³-hybridized carbons (Fsp3) is 0.364. The number of hydrogen-bond acceptors (Lipinski definition) is 6. The average molecular weight is 544 g/mol. The second-order valence-corrected chi connectivity index (χ2v) is 8.54. The Morgan fingerprint density at radius 2 is 1.60 bits per heavy atom. The van der Waals surface area contributed by atoms with Crippen LogP contribution in [0.5, 0.6) is 17.2 Å². The van der Waals surface area contributed by atoms with Gasteiger partial charge < -0.3 is 18.9 Å². The highest BCUT2D eigenvalue weighted by atomic mass is 79.9. The van der Waals surface area contributed by atoms with E-state index in [2.05, 4.69) is 45.7 Å². The second-order valence-electron chi connectivity index (χ2n) is 6.83. The minimum absolute atomic E-state index is 0.127. The molecule has 0 aliphatic heterocycles. The number of hydrogen-bond donors (Lipinski definition) is 0. The molecule has 0 radical (unpaired) electrons. The topological polar surface area (TPSA) is 71.1 Å². The predicted octanol–water partition coefficient (Wildman–Crippen LogP) is 5.96.